The summed E-state index contributed by atoms with van der Waals surface area (Å²) in [7, 11) is -0.283. The Morgan fingerprint density at radius 2 is 1.81 bits per heavy atom. The number of ether oxygens (including phenoxy) is 2. The minimum Gasteiger partial charge on any atom is -0.547 e. The number of rotatable bonds is 5. The maximum Gasteiger partial charge on any atom is 0.250 e. The molecule has 2 saturated carbocycles. The topological polar surface area (TPSA) is 47.9 Å². The van der Waals surface area contributed by atoms with Gasteiger partial charge in [-0.05, 0) is 79.1 Å². The van der Waals surface area contributed by atoms with Crippen LogP contribution in [0.25, 0.3) is 0 Å². The van der Waals surface area contributed by atoms with Crippen molar-refractivity contribution in [2.45, 2.75) is 104 Å². The Balaban J connectivity index is 1.99. The summed E-state index contributed by atoms with van der Waals surface area (Å²) >= 11 is 0. The van der Waals surface area contributed by atoms with Crippen molar-refractivity contribution in [3.05, 3.63) is 24.0 Å². The fourth-order valence-corrected chi connectivity index (χ4v) is 7.24. The van der Waals surface area contributed by atoms with Crippen molar-refractivity contribution in [2.24, 2.45) is 28.6 Å². The third-order valence-electron chi connectivity index (χ3n) is 9.81. The van der Waals surface area contributed by atoms with Crippen molar-refractivity contribution >= 4 is 8.32 Å². The van der Waals surface area contributed by atoms with Gasteiger partial charge in [0.2, 0.25) is 8.32 Å². The van der Waals surface area contributed by atoms with Gasteiger partial charge in [0, 0.05) is 18.4 Å². The number of hydrogen-bond acceptors (Lipinski definition) is 4. The second kappa shape index (κ2) is 8.87. The molecule has 5 heteroatoms. The highest BCUT2D eigenvalue weighted by molar-refractivity contribution is 6.74. The van der Waals surface area contributed by atoms with Gasteiger partial charge in [-0.15, -0.1) is 0 Å². The summed E-state index contributed by atoms with van der Waals surface area (Å²) in [6.07, 6.45) is 6.68. The molecule has 0 aliphatic heterocycles. The van der Waals surface area contributed by atoms with E-state index in [1.54, 1.807) is 7.11 Å². The lowest BCUT2D eigenvalue weighted by Gasteiger charge is -2.57. The highest BCUT2D eigenvalue weighted by Crippen LogP contribution is 2.60. The summed E-state index contributed by atoms with van der Waals surface area (Å²) in [5.41, 5.74) is 1.02. The van der Waals surface area contributed by atoms with Crippen LogP contribution in [0.15, 0.2) is 24.0 Å². The standard InChI is InChI=1S/C27H48O4Si/c1-18-20-16-21-23(31-32(9,10)25(2,3)4)12-11-19(26(21,5)6)15-24(28)27(20,7)14-13-22(18)30-17-29-8/h12,19-22,24,28H,1,11,13-17H2,2-10H3/t19-,20-,21-,22+,24+,27-/m1/s1. The fourth-order valence-electron chi connectivity index (χ4n) is 6.12. The molecule has 184 valence electrons. The van der Waals surface area contributed by atoms with Crippen molar-refractivity contribution in [3.63, 3.8) is 0 Å². The summed E-state index contributed by atoms with van der Waals surface area (Å²) in [4.78, 5) is 0. The predicted molar refractivity (Wildman–Crippen MR) is 134 cm³/mol. The van der Waals surface area contributed by atoms with E-state index in [1.165, 1.54) is 5.76 Å². The Bertz CT molecular complexity index is 734. The van der Waals surface area contributed by atoms with E-state index in [9.17, 15) is 5.11 Å². The second-order valence-electron chi connectivity index (χ2n) is 13.0. The average molecular weight is 465 g/mol. The Hall–Kier alpha value is -0.623. The molecule has 0 unspecified atom stereocenters. The van der Waals surface area contributed by atoms with Crippen LogP contribution in [0.2, 0.25) is 18.1 Å². The number of hydrogen-bond donors (Lipinski definition) is 1. The molecule has 0 aromatic carbocycles. The molecule has 3 aliphatic carbocycles. The molecule has 0 heterocycles. The molecule has 0 saturated heterocycles. The van der Waals surface area contributed by atoms with E-state index in [0.717, 1.165) is 37.7 Å². The van der Waals surface area contributed by atoms with Gasteiger partial charge in [-0.25, -0.2) is 0 Å². The minimum absolute atomic E-state index is 0.00381. The summed E-state index contributed by atoms with van der Waals surface area (Å²) in [5, 5.41) is 11.7. The molecule has 0 spiro atoms. The molecule has 4 nitrogen and oxygen atoms in total. The van der Waals surface area contributed by atoms with Gasteiger partial charge in [0.15, 0.2) is 0 Å². The van der Waals surface area contributed by atoms with Crippen LogP contribution in [0.4, 0.5) is 0 Å². The molecule has 3 rings (SSSR count). The van der Waals surface area contributed by atoms with E-state index >= 15 is 0 Å². The van der Waals surface area contributed by atoms with Gasteiger partial charge in [0.25, 0.3) is 0 Å². The third-order valence-corrected chi connectivity index (χ3v) is 14.2. The van der Waals surface area contributed by atoms with Crippen molar-refractivity contribution in [1.82, 2.24) is 0 Å². The van der Waals surface area contributed by atoms with E-state index in [2.05, 4.69) is 67.3 Å². The van der Waals surface area contributed by atoms with E-state index in [4.69, 9.17) is 13.9 Å². The first kappa shape index (κ1) is 26.0. The molecular weight excluding hydrogens is 416 g/mol. The number of aliphatic hydroxyl groups is 1. The van der Waals surface area contributed by atoms with Gasteiger partial charge in [0.1, 0.15) is 6.79 Å². The molecule has 0 radical (unpaired) electrons. The van der Waals surface area contributed by atoms with Crippen molar-refractivity contribution in [2.75, 3.05) is 13.9 Å². The molecule has 6 atom stereocenters. The lowest BCUT2D eigenvalue weighted by molar-refractivity contribution is -0.119. The van der Waals surface area contributed by atoms with Gasteiger partial charge in [-0.1, -0.05) is 48.1 Å². The first-order valence-corrected chi connectivity index (χ1v) is 15.4. The maximum atomic E-state index is 11.5. The highest BCUT2D eigenvalue weighted by atomic mass is 28.4. The normalized spacial score (nSPS) is 37.8. The van der Waals surface area contributed by atoms with Gasteiger partial charge in [-0.2, -0.15) is 0 Å². The molecule has 1 N–H and O–H groups in total. The zero-order valence-corrected chi connectivity index (χ0v) is 23.1. The Morgan fingerprint density at radius 3 is 2.41 bits per heavy atom. The molecule has 0 aromatic heterocycles. The van der Waals surface area contributed by atoms with Crippen LogP contribution < -0.4 is 0 Å². The zero-order chi connectivity index (χ0) is 24.1. The molecule has 3 aliphatic rings. The van der Waals surface area contributed by atoms with E-state index in [1.807, 2.05) is 0 Å². The smallest absolute Gasteiger partial charge is 0.250 e. The van der Waals surface area contributed by atoms with Crippen molar-refractivity contribution in [1.29, 1.82) is 0 Å². The number of aliphatic hydroxyl groups excluding tert-OH is 1. The number of fused-ring (bicyclic) bond motifs is 3. The maximum absolute atomic E-state index is 11.5. The van der Waals surface area contributed by atoms with Crippen LogP contribution in [-0.4, -0.2) is 39.5 Å². The first-order chi connectivity index (χ1) is 14.6. The minimum atomic E-state index is -1.95. The third kappa shape index (κ3) is 4.52. The highest BCUT2D eigenvalue weighted by Gasteiger charge is 2.55. The Morgan fingerprint density at radius 1 is 1.16 bits per heavy atom. The Kier molecular flexibility index (Phi) is 7.20. The van der Waals surface area contributed by atoms with Crippen LogP contribution in [0.1, 0.15) is 73.6 Å². The van der Waals surface area contributed by atoms with E-state index in [0.29, 0.717) is 11.8 Å². The van der Waals surface area contributed by atoms with Gasteiger partial charge < -0.3 is 19.0 Å². The SMILES string of the molecule is C=C1[C@@H](OCOC)CC[C@]2(C)[C@@H]1C[C@@H]1C(O[Si](C)(C)C(C)(C)C)=CC[C@H](C[C@@H]2O)C1(C)C. The quantitative estimate of drug-likeness (QED) is 0.280. The number of allylic oxidation sites excluding steroid dienone is 2. The van der Waals surface area contributed by atoms with Gasteiger partial charge >= 0.3 is 0 Å². The average Bonchev–Trinajstić information content (AvgIpc) is 2.66. The summed E-state index contributed by atoms with van der Waals surface area (Å²) in [6, 6.07) is 0. The van der Waals surface area contributed by atoms with Gasteiger partial charge in [-0.3, -0.25) is 0 Å². The van der Waals surface area contributed by atoms with Crippen LogP contribution in [0.5, 0.6) is 0 Å². The van der Waals surface area contributed by atoms with Gasteiger partial charge in [0.05, 0.1) is 18.0 Å². The molecule has 2 fully saturated rings. The van der Waals surface area contributed by atoms with Crippen molar-refractivity contribution < 1.29 is 19.0 Å². The van der Waals surface area contributed by atoms with E-state index in [-0.39, 0.29) is 40.8 Å². The van der Waals surface area contributed by atoms with Crippen LogP contribution in [0.3, 0.4) is 0 Å². The zero-order valence-electron chi connectivity index (χ0n) is 22.1. The van der Waals surface area contributed by atoms with Crippen LogP contribution in [-0.2, 0) is 13.9 Å². The molecule has 2 bridgehead atoms. The first-order valence-electron chi connectivity index (χ1n) is 12.5. The lowest BCUT2D eigenvalue weighted by atomic mass is 9.51. The molecular formula is C27H48O4Si. The second-order valence-corrected chi connectivity index (χ2v) is 17.7. The summed E-state index contributed by atoms with van der Waals surface area (Å²) in [6.45, 7) is 23.5. The number of methoxy groups -OCH3 is 1. The monoisotopic (exact) mass is 464 g/mol. The van der Waals surface area contributed by atoms with E-state index < -0.39 is 8.32 Å². The lowest BCUT2D eigenvalue weighted by Crippen LogP contribution is -2.54. The fraction of sp³-hybridized carbons (Fsp3) is 0.852. The van der Waals surface area contributed by atoms with Crippen LogP contribution in [0, 0.1) is 28.6 Å². The van der Waals surface area contributed by atoms with Crippen LogP contribution >= 0.6 is 0 Å². The Labute approximate surface area is 197 Å². The molecule has 32 heavy (non-hydrogen) atoms. The molecule has 0 aromatic rings. The largest absolute Gasteiger partial charge is 0.547 e. The summed E-state index contributed by atoms with van der Waals surface area (Å²) in [5.74, 6) is 2.18. The molecule has 0 amide bonds. The summed E-state index contributed by atoms with van der Waals surface area (Å²) < 4.78 is 18.2. The predicted octanol–water partition coefficient (Wildman–Crippen LogP) is 6.67. The van der Waals surface area contributed by atoms with Crippen molar-refractivity contribution in [3.8, 4) is 0 Å².